The lowest BCUT2D eigenvalue weighted by atomic mass is 9.43. The zero-order valence-electron chi connectivity index (χ0n) is 24.3. The van der Waals surface area contributed by atoms with E-state index >= 15 is 0 Å². The van der Waals surface area contributed by atoms with Crippen molar-refractivity contribution in [3.05, 3.63) is 0 Å². The first kappa shape index (κ1) is 29.0. The van der Waals surface area contributed by atoms with Crippen LogP contribution in [0.15, 0.2) is 0 Å². The van der Waals surface area contributed by atoms with Gasteiger partial charge >= 0.3 is 5.97 Å². The van der Waals surface area contributed by atoms with Crippen LogP contribution in [0, 0.1) is 40.4 Å². The Balaban J connectivity index is 1.66. The predicted molar refractivity (Wildman–Crippen MR) is 145 cm³/mol. The van der Waals surface area contributed by atoms with Crippen molar-refractivity contribution in [1.29, 1.82) is 0 Å². The third-order valence-corrected chi connectivity index (χ3v) is 11.2. The Kier molecular flexibility index (Phi) is 9.12. The zero-order chi connectivity index (χ0) is 27.0. The smallest absolute Gasteiger partial charge is 0.320 e. The number of ketones is 1. The lowest BCUT2D eigenvalue weighted by Gasteiger charge is -2.63. The largest absolute Gasteiger partial charge is 0.461 e. The fourth-order valence-corrected chi connectivity index (χ4v) is 9.80. The Labute approximate surface area is 225 Å². The van der Waals surface area contributed by atoms with E-state index in [0.29, 0.717) is 36.7 Å². The molecule has 0 aromatic carbocycles. The molecule has 0 amide bonds. The number of esters is 1. The molecule has 10 atom stereocenters. The second kappa shape index (κ2) is 11.6. The van der Waals surface area contributed by atoms with Crippen molar-refractivity contribution in [1.82, 2.24) is 4.90 Å². The van der Waals surface area contributed by atoms with Crippen molar-refractivity contribution in [2.45, 2.75) is 118 Å². The van der Waals surface area contributed by atoms with Gasteiger partial charge in [-0.3, -0.25) is 14.5 Å². The van der Waals surface area contributed by atoms with Crippen molar-refractivity contribution in [3.8, 4) is 0 Å². The van der Waals surface area contributed by atoms with Gasteiger partial charge in [0.15, 0.2) is 0 Å². The van der Waals surface area contributed by atoms with E-state index in [9.17, 15) is 14.7 Å². The van der Waals surface area contributed by atoms with Gasteiger partial charge in [0.2, 0.25) is 0 Å². The van der Waals surface area contributed by atoms with Gasteiger partial charge in [0, 0.05) is 18.4 Å². The molecule has 0 aliphatic heterocycles. The quantitative estimate of drug-likeness (QED) is 0.397. The lowest BCUT2D eigenvalue weighted by molar-refractivity contribution is -0.214. The molecule has 4 aliphatic carbocycles. The van der Waals surface area contributed by atoms with Crippen LogP contribution in [0.5, 0.6) is 0 Å². The molecule has 0 heterocycles. The molecule has 0 bridgehead atoms. The molecule has 0 saturated heterocycles. The van der Waals surface area contributed by atoms with E-state index in [1.807, 2.05) is 6.92 Å². The van der Waals surface area contributed by atoms with Crippen LogP contribution in [0.4, 0.5) is 0 Å². The van der Waals surface area contributed by atoms with E-state index in [0.717, 1.165) is 70.9 Å². The van der Waals surface area contributed by atoms with Crippen LogP contribution in [0.1, 0.15) is 99.3 Å². The number of Topliss-reactive ketones (excluding diaryl/α,β-unsaturated/α-hetero) is 1. The summed E-state index contributed by atoms with van der Waals surface area (Å²) in [6.45, 7) is 15.5. The molecular formula is C31H53NO5. The maximum atomic E-state index is 13.4. The molecule has 4 aliphatic rings. The van der Waals surface area contributed by atoms with E-state index in [1.54, 1.807) is 6.92 Å². The average molecular weight is 520 g/mol. The summed E-state index contributed by atoms with van der Waals surface area (Å²) in [5, 5.41) is 10.9. The van der Waals surface area contributed by atoms with Crippen molar-refractivity contribution < 1.29 is 24.2 Å². The maximum absolute atomic E-state index is 13.4. The van der Waals surface area contributed by atoms with Gasteiger partial charge in [-0.25, -0.2) is 0 Å². The number of ether oxygens (including phenoxy) is 2. The van der Waals surface area contributed by atoms with Crippen LogP contribution < -0.4 is 0 Å². The van der Waals surface area contributed by atoms with E-state index < -0.39 is 6.10 Å². The molecule has 6 nitrogen and oxygen atoms in total. The fourth-order valence-electron chi connectivity index (χ4n) is 9.80. The molecule has 0 unspecified atom stereocenters. The van der Waals surface area contributed by atoms with Crippen molar-refractivity contribution >= 4 is 11.8 Å². The highest BCUT2D eigenvalue weighted by molar-refractivity contribution is 5.79. The number of carbonyl (C=O) groups is 2. The second-order valence-electron chi connectivity index (χ2n) is 13.3. The van der Waals surface area contributed by atoms with Crippen LogP contribution >= 0.6 is 0 Å². The molecule has 0 spiro atoms. The van der Waals surface area contributed by atoms with Gasteiger partial charge in [0.05, 0.1) is 18.8 Å². The minimum absolute atomic E-state index is 0.0465. The van der Waals surface area contributed by atoms with Crippen molar-refractivity contribution in [3.63, 3.8) is 0 Å². The van der Waals surface area contributed by atoms with Crippen LogP contribution in [-0.2, 0) is 19.1 Å². The summed E-state index contributed by atoms with van der Waals surface area (Å²) >= 11 is 0. The van der Waals surface area contributed by atoms with Gasteiger partial charge in [0.1, 0.15) is 11.9 Å². The van der Waals surface area contributed by atoms with Gasteiger partial charge in [-0.15, -0.1) is 0 Å². The molecular weight excluding hydrogens is 466 g/mol. The minimum Gasteiger partial charge on any atom is -0.461 e. The number of carbonyl (C=O) groups excluding carboxylic acids is 2. The van der Waals surface area contributed by atoms with Crippen LogP contribution in [-0.4, -0.2) is 66.3 Å². The third kappa shape index (κ3) is 5.41. The average Bonchev–Trinajstić information content (AvgIpc) is 3.17. The van der Waals surface area contributed by atoms with Crippen LogP contribution in [0.3, 0.4) is 0 Å². The molecule has 0 aromatic rings. The Hall–Kier alpha value is -0.980. The summed E-state index contributed by atoms with van der Waals surface area (Å²) < 4.78 is 12.6. The maximum Gasteiger partial charge on any atom is 0.320 e. The fraction of sp³-hybridized carbons (Fsp3) is 0.935. The zero-order valence-corrected chi connectivity index (χ0v) is 24.3. The van der Waals surface area contributed by atoms with Crippen LogP contribution in [0.25, 0.3) is 0 Å². The number of aliphatic hydroxyl groups is 1. The first-order valence-corrected chi connectivity index (χ1v) is 15.3. The molecule has 4 rings (SSSR count). The normalized spacial score (nSPS) is 43.1. The molecule has 37 heavy (non-hydrogen) atoms. The molecule has 6 heteroatoms. The third-order valence-electron chi connectivity index (χ3n) is 11.2. The van der Waals surface area contributed by atoms with Gasteiger partial charge in [0.25, 0.3) is 0 Å². The number of rotatable bonds is 10. The predicted octanol–water partition coefficient (Wildman–Crippen LogP) is 5.25. The summed E-state index contributed by atoms with van der Waals surface area (Å²) in [5.41, 5.74) is -0.156. The van der Waals surface area contributed by atoms with Gasteiger partial charge in [-0.2, -0.15) is 0 Å². The summed E-state index contributed by atoms with van der Waals surface area (Å²) in [4.78, 5) is 28.4. The van der Waals surface area contributed by atoms with E-state index in [2.05, 4.69) is 32.6 Å². The Morgan fingerprint density at radius 2 is 1.62 bits per heavy atom. The SMILES string of the molecule is CCCN(CCC)CC(=O)O[C@H]1C[C@]2(C)[C@@H](C(C)=O)CC[C@H]2[C@@H]2CC[C@H]3C[C@H](O)[C@@H](OCC)C[C@]3(C)[C@H]21. The summed E-state index contributed by atoms with van der Waals surface area (Å²) in [6, 6.07) is 0. The monoisotopic (exact) mass is 519 g/mol. The van der Waals surface area contributed by atoms with Crippen molar-refractivity contribution in [2.75, 3.05) is 26.2 Å². The van der Waals surface area contributed by atoms with Crippen LogP contribution in [0.2, 0.25) is 0 Å². The second-order valence-corrected chi connectivity index (χ2v) is 13.3. The van der Waals surface area contributed by atoms with Gasteiger partial charge in [-0.1, -0.05) is 27.7 Å². The summed E-state index contributed by atoms with van der Waals surface area (Å²) in [5.74, 6) is 1.84. The van der Waals surface area contributed by atoms with E-state index in [1.165, 1.54) is 0 Å². The summed E-state index contributed by atoms with van der Waals surface area (Å²) in [7, 11) is 0. The Morgan fingerprint density at radius 1 is 0.946 bits per heavy atom. The molecule has 0 radical (unpaired) electrons. The molecule has 0 aromatic heterocycles. The number of hydrogen-bond donors (Lipinski definition) is 1. The van der Waals surface area contributed by atoms with Gasteiger partial charge < -0.3 is 14.6 Å². The number of nitrogens with zero attached hydrogens (tertiary/aromatic N) is 1. The molecule has 4 fully saturated rings. The molecule has 212 valence electrons. The lowest BCUT2D eigenvalue weighted by Crippen LogP contribution is -2.62. The summed E-state index contributed by atoms with van der Waals surface area (Å²) in [6.07, 6.45) is 7.90. The standard InChI is InChI=1S/C31H53NO5/c1-7-14-32(15-8-2)19-28(35)37-27-18-31(6)23(20(4)33)12-13-24(31)22-11-10-21-16-25(34)26(36-9-3)17-30(21,5)29(22)27/h21-27,29,34H,7-19H2,1-6H3/t21-,22-,23+,24-,25-,26-,27-,29+,30-,31+/m0/s1. The number of aliphatic hydroxyl groups excluding tert-OH is 1. The first-order valence-electron chi connectivity index (χ1n) is 15.3. The minimum atomic E-state index is -0.422. The highest BCUT2D eigenvalue weighted by atomic mass is 16.5. The Bertz CT molecular complexity index is 811. The van der Waals surface area contributed by atoms with Crippen molar-refractivity contribution in [2.24, 2.45) is 40.4 Å². The topological polar surface area (TPSA) is 76.1 Å². The number of hydrogen-bond acceptors (Lipinski definition) is 6. The molecule has 1 N–H and O–H groups in total. The molecule has 4 saturated carbocycles. The first-order chi connectivity index (χ1) is 17.6. The van der Waals surface area contributed by atoms with Gasteiger partial charge in [-0.05, 0) is 113 Å². The van der Waals surface area contributed by atoms with E-state index in [-0.39, 0.29) is 40.8 Å². The van der Waals surface area contributed by atoms with E-state index in [4.69, 9.17) is 9.47 Å². The highest BCUT2D eigenvalue weighted by Gasteiger charge is 2.65. The number of fused-ring (bicyclic) bond motifs is 5. The highest BCUT2D eigenvalue weighted by Crippen LogP contribution is 2.68. The Morgan fingerprint density at radius 3 is 2.24 bits per heavy atom.